The molecule has 0 saturated carbocycles. The molecular formula is C24H20N2O2S. The molecule has 0 radical (unpaired) electrons. The van der Waals surface area contributed by atoms with Crippen molar-refractivity contribution in [3.8, 4) is 28.1 Å². The molecule has 4 nitrogen and oxygen atoms in total. The molecule has 1 heterocycles. The molecule has 1 N–H and O–H groups in total. The molecule has 1 amide bonds. The number of hydrogen-bond acceptors (Lipinski definition) is 4. The lowest BCUT2D eigenvalue weighted by atomic mass is 10.0. The number of amides is 1. The summed E-state index contributed by atoms with van der Waals surface area (Å²) in [6.07, 6.45) is 0. The minimum absolute atomic E-state index is 0.177. The van der Waals surface area contributed by atoms with Crippen LogP contribution in [0.5, 0.6) is 5.75 Å². The van der Waals surface area contributed by atoms with Crippen LogP contribution in [0.2, 0.25) is 0 Å². The third-order valence-electron chi connectivity index (χ3n) is 4.44. The van der Waals surface area contributed by atoms with E-state index in [0.717, 1.165) is 28.1 Å². The predicted octanol–water partition coefficient (Wildman–Crippen LogP) is 6.13. The quantitative estimate of drug-likeness (QED) is 0.424. The zero-order valence-electron chi connectivity index (χ0n) is 16.0. The Morgan fingerprint density at radius 2 is 1.62 bits per heavy atom. The normalized spacial score (nSPS) is 10.5. The molecule has 29 heavy (non-hydrogen) atoms. The molecule has 0 aliphatic carbocycles. The average Bonchev–Trinajstić information content (AvgIpc) is 3.23. The van der Waals surface area contributed by atoms with Gasteiger partial charge in [-0.2, -0.15) is 0 Å². The molecule has 3 aromatic carbocycles. The van der Waals surface area contributed by atoms with E-state index in [1.165, 1.54) is 11.3 Å². The van der Waals surface area contributed by atoms with Crippen LogP contribution in [-0.2, 0) is 0 Å². The SMILES string of the molecule is CCOc1ccccc1-c1csc(NC(=O)c2ccc(-c3ccccc3)cc2)n1. The van der Waals surface area contributed by atoms with Crippen molar-refractivity contribution in [3.63, 3.8) is 0 Å². The van der Waals surface area contributed by atoms with Crippen LogP contribution in [0.4, 0.5) is 5.13 Å². The largest absolute Gasteiger partial charge is 0.493 e. The molecule has 0 aliphatic rings. The van der Waals surface area contributed by atoms with Crippen molar-refractivity contribution in [2.45, 2.75) is 6.92 Å². The molecule has 4 rings (SSSR count). The summed E-state index contributed by atoms with van der Waals surface area (Å²) in [6, 6.07) is 25.4. The molecule has 0 fully saturated rings. The number of nitrogens with zero attached hydrogens (tertiary/aromatic N) is 1. The van der Waals surface area contributed by atoms with Crippen LogP contribution < -0.4 is 10.1 Å². The Kier molecular flexibility index (Phi) is 5.68. The molecule has 1 aromatic heterocycles. The number of anilines is 1. The van der Waals surface area contributed by atoms with E-state index < -0.39 is 0 Å². The summed E-state index contributed by atoms with van der Waals surface area (Å²) in [6.45, 7) is 2.54. The molecule has 0 saturated heterocycles. The topological polar surface area (TPSA) is 51.2 Å². The van der Waals surface area contributed by atoms with Crippen molar-refractivity contribution >= 4 is 22.4 Å². The summed E-state index contributed by atoms with van der Waals surface area (Å²) in [5.74, 6) is 0.610. The first-order valence-corrected chi connectivity index (χ1v) is 10.3. The van der Waals surface area contributed by atoms with E-state index in [1.54, 1.807) is 0 Å². The number of rotatable bonds is 6. The second kappa shape index (κ2) is 8.71. The summed E-state index contributed by atoms with van der Waals surface area (Å²) >= 11 is 1.40. The maximum absolute atomic E-state index is 12.6. The summed E-state index contributed by atoms with van der Waals surface area (Å²) in [5, 5.41) is 5.37. The summed E-state index contributed by atoms with van der Waals surface area (Å²) in [4.78, 5) is 17.2. The van der Waals surface area contributed by atoms with Gasteiger partial charge in [0.15, 0.2) is 5.13 Å². The Balaban J connectivity index is 1.48. The number of thiazole rings is 1. The van der Waals surface area contributed by atoms with Crippen LogP contribution in [0.1, 0.15) is 17.3 Å². The maximum Gasteiger partial charge on any atom is 0.257 e. The smallest absolute Gasteiger partial charge is 0.257 e. The van der Waals surface area contributed by atoms with Crippen LogP contribution in [0.25, 0.3) is 22.4 Å². The van der Waals surface area contributed by atoms with Gasteiger partial charge in [-0.15, -0.1) is 11.3 Å². The van der Waals surface area contributed by atoms with Gasteiger partial charge in [0.2, 0.25) is 0 Å². The van der Waals surface area contributed by atoms with E-state index in [0.29, 0.717) is 17.3 Å². The second-order valence-corrected chi connectivity index (χ2v) is 7.22. The fourth-order valence-electron chi connectivity index (χ4n) is 3.03. The zero-order chi connectivity index (χ0) is 20.1. The van der Waals surface area contributed by atoms with E-state index in [2.05, 4.69) is 10.3 Å². The van der Waals surface area contributed by atoms with Crippen LogP contribution in [0.3, 0.4) is 0 Å². The highest BCUT2D eigenvalue weighted by Crippen LogP contribution is 2.32. The number of aromatic nitrogens is 1. The van der Waals surface area contributed by atoms with Crippen molar-refractivity contribution in [1.29, 1.82) is 0 Å². The Morgan fingerprint density at radius 1 is 0.931 bits per heavy atom. The van der Waals surface area contributed by atoms with Gasteiger partial charge in [-0.25, -0.2) is 4.98 Å². The second-order valence-electron chi connectivity index (χ2n) is 6.36. The van der Waals surface area contributed by atoms with Crippen molar-refractivity contribution in [1.82, 2.24) is 4.98 Å². The Morgan fingerprint density at radius 3 is 2.38 bits per heavy atom. The van der Waals surface area contributed by atoms with Crippen molar-refractivity contribution in [2.75, 3.05) is 11.9 Å². The van der Waals surface area contributed by atoms with E-state index in [4.69, 9.17) is 4.74 Å². The fourth-order valence-corrected chi connectivity index (χ4v) is 3.73. The number of carbonyl (C=O) groups is 1. The van der Waals surface area contributed by atoms with E-state index in [9.17, 15) is 4.79 Å². The first kappa shape index (κ1) is 18.9. The minimum Gasteiger partial charge on any atom is -0.493 e. The number of ether oxygens (including phenoxy) is 1. The Hall–Kier alpha value is -3.44. The Labute approximate surface area is 173 Å². The van der Waals surface area contributed by atoms with Gasteiger partial charge in [0.1, 0.15) is 5.75 Å². The van der Waals surface area contributed by atoms with Gasteiger partial charge in [0, 0.05) is 16.5 Å². The molecule has 0 spiro atoms. The fraction of sp³-hybridized carbons (Fsp3) is 0.0833. The summed E-state index contributed by atoms with van der Waals surface area (Å²) in [5.41, 5.74) is 4.49. The minimum atomic E-state index is -0.177. The van der Waals surface area contributed by atoms with Gasteiger partial charge in [-0.1, -0.05) is 54.6 Å². The third kappa shape index (κ3) is 4.36. The first-order valence-electron chi connectivity index (χ1n) is 9.39. The number of carbonyl (C=O) groups excluding carboxylic acids is 1. The van der Waals surface area contributed by atoms with E-state index in [1.807, 2.05) is 91.2 Å². The summed E-state index contributed by atoms with van der Waals surface area (Å²) in [7, 11) is 0. The molecule has 0 aliphatic heterocycles. The summed E-state index contributed by atoms with van der Waals surface area (Å²) < 4.78 is 5.68. The van der Waals surface area contributed by atoms with Crippen LogP contribution in [0.15, 0.2) is 84.2 Å². The number of hydrogen-bond donors (Lipinski definition) is 1. The lowest BCUT2D eigenvalue weighted by molar-refractivity contribution is 0.102. The first-order chi connectivity index (χ1) is 14.2. The molecule has 4 aromatic rings. The average molecular weight is 401 g/mol. The van der Waals surface area contributed by atoms with Gasteiger partial charge in [0.05, 0.1) is 12.3 Å². The lowest BCUT2D eigenvalue weighted by Gasteiger charge is -2.07. The van der Waals surface area contributed by atoms with Gasteiger partial charge in [-0.05, 0) is 42.3 Å². The van der Waals surface area contributed by atoms with Crippen LogP contribution in [0, 0.1) is 0 Å². The van der Waals surface area contributed by atoms with Gasteiger partial charge in [-0.3, -0.25) is 10.1 Å². The molecule has 5 heteroatoms. The van der Waals surface area contributed by atoms with Gasteiger partial charge in [0.25, 0.3) is 5.91 Å². The van der Waals surface area contributed by atoms with Crippen LogP contribution >= 0.6 is 11.3 Å². The molecule has 0 atom stereocenters. The maximum atomic E-state index is 12.6. The molecule has 0 bridgehead atoms. The number of benzene rings is 3. The molecule has 0 unspecified atom stereocenters. The van der Waals surface area contributed by atoms with Crippen molar-refractivity contribution < 1.29 is 9.53 Å². The zero-order valence-corrected chi connectivity index (χ0v) is 16.8. The van der Waals surface area contributed by atoms with Crippen LogP contribution in [-0.4, -0.2) is 17.5 Å². The number of para-hydroxylation sites is 1. The highest BCUT2D eigenvalue weighted by Gasteiger charge is 2.13. The number of nitrogens with one attached hydrogen (secondary N) is 1. The van der Waals surface area contributed by atoms with Gasteiger partial charge < -0.3 is 4.74 Å². The lowest BCUT2D eigenvalue weighted by Crippen LogP contribution is -2.11. The van der Waals surface area contributed by atoms with E-state index in [-0.39, 0.29) is 5.91 Å². The predicted molar refractivity (Wildman–Crippen MR) is 119 cm³/mol. The highest BCUT2D eigenvalue weighted by atomic mass is 32.1. The molecular weight excluding hydrogens is 380 g/mol. The third-order valence-corrected chi connectivity index (χ3v) is 5.20. The van der Waals surface area contributed by atoms with Crippen molar-refractivity contribution in [2.24, 2.45) is 0 Å². The standard InChI is InChI=1S/C24H20N2O2S/c1-2-28-22-11-7-6-10-20(22)21-16-29-24(25-21)26-23(27)19-14-12-18(13-15-19)17-8-4-3-5-9-17/h3-16H,2H2,1H3,(H,25,26,27). The van der Waals surface area contributed by atoms with Gasteiger partial charge >= 0.3 is 0 Å². The van der Waals surface area contributed by atoms with E-state index >= 15 is 0 Å². The molecule has 144 valence electrons. The van der Waals surface area contributed by atoms with Crippen molar-refractivity contribution in [3.05, 3.63) is 89.8 Å². The monoisotopic (exact) mass is 400 g/mol. The Bertz CT molecular complexity index is 1110. The highest BCUT2D eigenvalue weighted by molar-refractivity contribution is 7.14.